The number of hydrogen-bond acceptors (Lipinski definition) is 3. The first-order chi connectivity index (χ1) is 7.77. The van der Waals surface area contributed by atoms with E-state index in [1.54, 1.807) is 18.3 Å². The number of nitrogens with zero attached hydrogens (tertiary/aromatic N) is 1. The zero-order valence-electron chi connectivity index (χ0n) is 8.46. The van der Waals surface area contributed by atoms with Gasteiger partial charge < -0.3 is 5.73 Å². The minimum absolute atomic E-state index is 0.452. The lowest BCUT2D eigenvalue weighted by Gasteiger charge is -2.04. The molecule has 16 heavy (non-hydrogen) atoms. The van der Waals surface area contributed by atoms with Gasteiger partial charge in [-0.3, -0.25) is 4.79 Å². The van der Waals surface area contributed by atoms with Gasteiger partial charge >= 0.3 is 0 Å². The molecule has 0 radical (unpaired) electrons. The monoisotopic (exact) mass is 230 g/mol. The summed E-state index contributed by atoms with van der Waals surface area (Å²) in [6.07, 6.45) is 1.65. The maximum atomic E-state index is 11.2. The molecule has 0 unspecified atom stereocenters. The molecular weight excluding hydrogens is 220 g/mol. The van der Waals surface area contributed by atoms with Crippen LogP contribution in [0.4, 0.5) is 0 Å². The molecule has 0 aliphatic rings. The lowest BCUT2D eigenvalue weighted by molar-refractivity contribution is 0.0997. The van der Waals surface area contributed by atoms with Gasteiger partial charge in [-0.2, -0.15) is 0 Å². The molecule has 0 atom stereocenters. The Morgan fingerprint density at radius 1 is 1.12 bits per heavy atom. The van der Waals surface area contributed by atoms with E-state index in [1.165, 1.54) is 11.8 Å². The molecule has 0 spiro atoms. The van der Waals surface area contributed by atoms with Crippen LogP contribution >= 0.6 is 11.8 Å². The SMILES string of the molecule is NC(=O)c1cccnc1Sc1ccccc1. The highest BCUT2D eigenvalue weighted by atomic mass is 32.2. The van der Waals surface area contributed by atoms with Gasteiger partial charge in [0.2, 0.25) is 0 Å². The molecule has 80 valence electrons. The average molecular weight is 230 g/mol. The van der Waals surface area contributed by atoms with Gasteiger partial charge in [0, 0.05) is 11.1 Å². The third kappa shape index (κ3) is 2.41. The minimum atomic E-state index is -0.452. The lowest BCUT2D eigenvalue weighted by atomic mass is 10.3. The summed E-state index contributed by atoms with van der Waals surface area (Å²) in [4.78, 5) is 16.4. The summed E-state index contributed by atoms with van der Waals surface area (Å²) in [5.41, 5.74) is 5.73. The highest BCUT2D eigenvalue weighted by molar-refractivity contribution is 7.99. The van der Waals surface area contributed by atoms with Crippen molar-refractivity contribution in [1.29, 1.82) is 0 Å². The molecule has 1 aromatic heterocycles. The number of primary amides is 1. The van der Waals surface area contributed by atoms with E-state index in [4.69, 9.17) is 5.73 Å². The topological polar surface area (TPSA) is 56.0 Å². The van der Waals surface area contributed by atoms with Crippen LogP contribution in [0.5, 0.6) is 0 Å². The highest BCUT2D eigenvalue weighted by Gasteiger charge is 2.09. The Hall–Kier alpha value is -1.81. The third-order valence-electron chi connectivity index (χ3n) is 1.99. The fourth-order valence-electron chi connectivity index (χ4n) is 1.26. The Bertz CT molecular complexity index is 499. The zero-order valence-corrected chi connectivity index (χ0v) is 9.28. The molecular formula is C12H10N2OS. The van der Waals surface area contributed by atoms with Crippen molar-refractivity contribution in [2.45, 2.75) is 9.92 Å². The second-order valence-corrected chi connectivity index (χ2v) is 4.20. The Morgan fingerprint density at radius 3 is 2.56 bits per heavy atom. The zero-order chi connectivity index (χ0) is 11.4. The fraction of sp³-hybridized carbons (Fsp3) is 0. The molecule has 2 rings (SSSR count). The van der Waals surface area contributed by atoms with Crippen LogP contribution in [0.1, 0.15) is 10.4 Å². The van der Waals surface area contributed by atoms with Crippen molar-refractivity contribution in [3.05, 3.63) is 54.2 Å². The standard InChI is InChI=1S/C12H10N2OS/c13-11(15)10-7-4-8-14-12(10)16-9-5-2-1-3-6-9/h1-8H,(H2,13,15). The number of nitrogens with two attached hydrogens (primary N) is 1. The van der Waals surface area contributed by atoms with Gasteiger partial charge in [-0.25, -0.2) is 4.98 Å². The van der Waals surface area contributed by atoms with Gasteiger partial charge in [0.15, 0.2) is 0 Å². The Kier molecular flexibility index (Phi) is 3.22. The van der Waals surface area contributed by atoms with E-state index in [-0.39, 0.29) is 0 Å². The van der Waals surface area contributed by atoms with Gasteiger partial charge in [0.1, 0.15) is 5.03 Å². The molecule has 0 aliphatic carbocycles. The molecule has 1 amide bonds. The van der Waals surface area contributed by atoms with Crippen LogP contribution in [0.3, 0.4) is 0 Å². The second kappa shape index (κ2) is 4.81. The first kappa shape index (κ1) is 10.7. The quantitative estimate of drug-likeness (QED) is 0.880. The van der Waals surface area contributed by atoms with Crippen molar-refractivity contribution >= 4 is 17.7 Å². The Balaban J connectivity index is 2.31. The van der Waals surface area contributed by atoms with Crippen molar-refractivity contribution in [3.63, 3.8) is 0 Å². The van der Waals surface area contributed by atoms with Gasteiger partial charge in [0.25, 0.3) is 5.91 Å². The van der Waals surface area contributed by atoms with Crippen LogP contribution in [0.15, 0.2) is 58.6 Å². The first-order valence-corrected chi connectivity index (χ1v) is 5.57. The summed E-state index contributed by atoms with van der Waals surface area (Å²) in [5, 5.41) is 0.640. The van der Waals surface area contributed by atoms with Crippen molar-refractivity contribution in [3.8, 4) is 0 Å². The molecule has 0 aliphatic heterocycles. The number of hydrogen-bond donors (Lipinski definition) is 1. The molecule has 3 nitrogen and oxygen atoms in total. The van der Waals surface area contributed by atoms with E-state index in [1.807, 2.05) is 30.3 Å². The van der Waals surface area contributed by atoms with Crippen molar-refractivity contribution in [2.24, 2.45) is 5.73 Å². The summed E-state index contributed by atoms with van der Waals surface area (Å²) >= 11 is 1.43. The van der Waals surface area contributed by atoms with E-state index in [9.17, 15) is 4.79 Å². The smallest absolute Gasteiger partial charge is 0.251 e. The number of carbonyl (C=O) groups is 1. The molecule has 2 aromatic rings. The number of aromatic nitrogens is 1. The van der Waals surface area contributed by atoms with Crippen LogP contribution < -0.4 is 5.73 Å². The van der Waals surface area contributed by atoms with Crippen molar-refractivity contribution in [1.82, 2.24) is 4.98 Å². The maximum Gasteiger partial charge on any atom is 0.251 e. The van der Waals surface area contributed by atoms with Crippen LogP contribution in [0, 0.1) is 0 Å². The molecule has 0 saturated heterocycles. The molecule has 0 fully saturated rings. The molecule has 1 aromatic carbocycles. The normalized spacial score (nSPS) is 10.0. The molecule has 4 heteroatoms. The summed E-state index contributed by atoms with van der Waals surface area (Å²) in [5.74, 6) is -0.452. The molecule has 1 heterocycles. The Labute approximate surface area is 97.7 Å². The largest absolute Gasteiger partial charge is 0.366 e. The van der Waals surface area contributed by atoms with Crippen molar-refractivity contribution in [2.75, 3.05) is 0 Å². The number of rotatable bonds is 3. The van der Waals surface area contributed by atoms with Gasteiger partial charge in [-0.05, 0) is 24.3 Å². The fourth-order valence-corrected chi connectivity index (χ4v) is 2.17. The van der Waals surface area contributed by atoms with Crippen LogP contribution in [0.2, 0.25) is 0 Å². The van der Waals surface area contributed by atoms with Gasteiger partial charge in [-0.15, -0.1) is 0 Å². The number of pyridine rings is 1. The lowest BCUT2D eigenvalue weighted by Crippen LogP contribution is -2.12. The number of amides is 1. The summed E-state index contributed by atoms with van der Waals surface area (Å²) in [7, 11) is 0. The second-order valence-electron chi connectivity index (χ2n) is 3.14. The minimum Gasteiger partial charge on any atom is -0.366 e. The third-order valence-corrected chi connectivity index (χ3v) is 3.02. The molecule has 2 N–H and O–H groups in total. The first-order valence-electron chi connectivity index (χ1n) is 4.75. The highest BCUT2D eigenvalue weighted by Crippen LogP contribution is 2.27. The van der Waals surface area contributed by atoms with E-state index in [0.29, 0.717) is 10.6 Å². The molecule has 0 bridgehead atoms. The van der Waals surface area contributed by atoms with Crippen LogP contribution in [-0.2, 0) is 0 Å². The Morgan fingerprint density at radius 2 is 1.88 bits per heavy atom. The maximum absolute atomic E-state index is 11.2. The summed E-state index contributed by atoms with van der Waals surface area (Å²) in [6, 6.07) is 13.1. The van der Waals surface area contributed by atoms with Gasteiger partial charge in [0.05, 0.1) is 5.56 Å². The summed E-state index contributed by atoms with van der Waals surface area (Å²) in [6.45, 7) is 0. The molecule has 0 saturated carbocycles. The van der Waals surface area contributed by atoms with Gasteiger partial charge in [-0.1, -0.05) is 30.0 Å². The van der Waals surface area contributed by atoms with E-state index >= 15 is 0 Å². The average Bonchev–Trinajstić information content (AvgIpc) is 2.31. The predicted octanol–water partition coefficient (Wildman–Crippen LogP) is 2.33. The van der Waals surface area contributed by atoms with E-state index in [2.05, 4.69) is 4.98 Å². The predicted molar refractivity (Wildman–Crippen MR) is 63.3 cm³/mol. The van der Waals surface area contributed by atoms with Crippen LogP contribution in [0.25, 0.3) is 0 Å². The van der Waals surface area contributed by atoms with E-state index < -0.39 is 5.91 Å². The van der Waals surface area contributed by atoms with Crippen molar-refractivity contribution < 1.29 is 4.79 Å². The number of benzene rings is 1. The van der Waals surface area contributed by atoms with Crippen LogP contribution in [-0.4, -0.2) is 10.9 Å². The number of carbonyl (C=O) groups excluding carboxylic acids is 1. The van der Waals surface area contributed by atoms with E-state index in [0.717, 1.165) is 4.90 Å². The summed E-state index contributed by atoms with van der Waals surface area (Å²) < 4.78 is 0.